The first kappa shape index (κ1) is 12.8. The first-order valence-electron chi connectivity index (χ1n) is 6.70. The minimum atomic E-state index is -1.40. The third kappa shape index (κ3) is 1.95. The van der Waals surface area contributed by atoms with Gasteiger partial charge in [-0.1, -0.05) is 0 Å². The highest BCUT2D eigenvalue weighted by molar-refractivity contribution is 8.00. The minimum absolute atomic E-state index is 0.151. The second-order valence-corrected chi connectivity index (χ2v) is 6.62. The molecular weight excluding hydrogens is 296 g/mol. The number of carbonyl (C=O) groups is 2. The van der Waals surface area contributed by atoms with Crippen LogP contribution >= 0.6 is 11.8 Å². The summed E-state index contributed by atoms with van der Waals surface area (Å²) in [7, 11) is 0. The predicted octanol–water partition coefficient (Wildman–Crippen LogP) is -0.114. The largest absolute Gasteiger partial charge is 0.512 e. The average Bonchev–Trinajstić information content (AvgIpc) is 3.04. The second kappa shape index (κ2) is 4.30. The Bertz CT molecular complexity index is 604. The van der Waals surface area contributed by atoms with E-state index in [9.17, 15) is 9.59 Å². The molecule has 21 heavy (non-hydrogen) atoms. The number of rotatable bonds is 2. The van der Waals surface area contributed by atoms with E-state index in [-0.39, 0.29) is 23.2 Å². The zero-order chi connectivity index (χ0) is 14.7. The maximum Gasteiger partial charge on any atom is 0.512 e. The number of amides is 1. The first-order chi connectivity index (χ1) is 10.0. The lowest BCUT2D eigenvalue weighted by molar-refractivity contribution is -0.145. The summed E-state index contributed by atoms with van der Waals surface area (Å²) in [5.74, 6) is 1.27. The summed E-state index contributed by atoms with van der Waals surface area (Å²) >= 11 is 1.59. The molecule has 0 aromatic carbocycles. The number of hydrogen-bond donors (Lipinski definition) is 3. The molecule has 4 aliphatic rings. The fraction of sp³-hybridized carbons (Fsp3) is 0.583. The molecular formula is C12H14N4O4S. The number of carbonyl (C=O) groups excluding carboxylic acids is 1. The van der Waals surface area contributed by atoms with Gasteiger partial charge in [-0.2, -0.15) is 0 Å². The standard InChI is InChI=1S/C12H14N4O4S/c1-4-3-21-10-7(15-11-13-5-2-6(5)14-11)8(17)16(10)9(4)20-12(18)19/h5-7,10H,2-3H2,1H3,(H,18,19)(H2,13,14,15)/t5?,6?,7?,10-/m0/s1. The van der Waals surface area contributed by atoms with Crippen molar-refractivity contribution in [3.05, 3.63) is 11.5 Å². The van der Waals surface area contributed by atoms with E-state index in [0.29, 0.717) is 23.8 Å². The minimum Gasteiger partial charge on any atom is -0.449 e. The molecule has 3 unspecified atom stereocenters. The average molecular weight is 310 g/mol. The summed E-state index contributed by atoms with van der Waals surface area (Å²) in [6.07, 6.45) is -0.340. The van der Waals surface area contributed by atoms with Crippen molar-refractivity contribution in [2.24, 2.45) is 4.99 Å². The van der Waals surface area contributed by atoms with Crippen molar-refractivity contribution in [3.8, 4) is 0 Å². The highest BCUT2D eigenvalue weighted by Gasteiger charge is 2.54. The van der Waals surface area contributed by atoms with Gasteiger partial charge in [0.25, 0.3) is 5.91 Å². The van der Waals surface area contributed by atoms with E-state index < -0.39 is 6.16 Å². The summed E-state index contributed by atoms with van der Waals surface area (Å²) < 4.78 is 4.76. The van der Waals surface area contributed by atoms with Crippen LogP contribution in [0.15, 0.2) is 16.4 Å². The zero-order valence-corrected chi connectivity index (χ0v) is 12.0. The summed E-state index contributed by atoms with van der Waals surface area (Å²) in [6.45, 7) is 1.77. The van der Waals surface area contributed by atoms with E-state index in [1.54, 1.807) is 18.7 Å². The van der Waals surface area contributed by atoms with Gasteiger partial charge in [-0.3, -0.25) is 9.69 Å². The lowest BCUT2D eigenvalue weighted by atomic mass is 10.1. The Balaban J connectivity index is 1.48. The number of carboxylic acid groups (broad SMARTS) is 1. The number of β-lactam (4-membered cyclic amide) rings is 1. The molecule has 0 spiro atoms. The molecule has 3 heterocycles. The van der Waals surface area contributed by atoms with Crippen LogP contribution in [0.25, 0.3) is 0 Å². The van der Waals surface area contributed by atoms with E-state index in [1.165, 1.54) is 4.90 Å². The van der Waals surface area contributed by atoms with Gasteiger partial charge in [-0.05, 0) is 18.9 Å². The smallest absolute Gasteiger partial charge is 0.449 e. The molecule has 2 fully saturated rings. The molecule has 8 nitrogen and oxygen atoms in total. The van der Waals surface area contributed by atoms with Gasteiger partial charge in [-0.25, -0.2) is 9.79 Å². The SMILES string of the molecule is CC1=C(OC(=O)O)N2C(=O)C(NC3=NC4CC4N3)[C@@H]2SC1. The van der Waals surface area contributed by atoms with Gasteiger partial charge in [0.1, 0.15) is 11.4 Å². The van der Waals surface area contributed by atoms with Crippen molar-refractivity contribution >= 4 is 29.8 Å². The monoisotopic (exact) mass is 310 g/mol. The zero-order valence-electron chi connectivity index (χ0n) is 11.2. The number of guanidine groups is 1. The molecule has 3 N–H and O–H groups in total. The molecule has 0 bridgehead atoms. The first-order valence-corrected chi connectivity index (χ1v) is 7.75. The molecule has 1 saturated carbocycles. The van der Waals surface area contributed by atoms with Crippen molar-refractivity contribution in [3.63, 3.8) is 0 Å². The van der Waals surface area contributed by atoms with E-state index in [1.807, 2.05) is 0 Å². The Morgan fingerprint density at radius 1 is 1.62 bits per heavy atom. The predicted molar refractivity (Wildman–Crippen MR) is 74.6 cm³/mol. The fourth-order valence-corrected chi connectivity index (χ4v) is 4.03. The third-order valence-electron chi connectivity index (χ3n) is 3.95. The molecule has 9 heteroatoms. The normalized spacial score (nSPS) is 36.1. The molecule has 1 aliphatic carbocycles. The van der Waals surface area contributed by atoms with Crippen LogP contribution < -0.4 is 10.6 Å². The molecule has 4 rings (SSSR count). The van der Waals surface area contributed by atoms with Gasteiger partial charge < -0.3 is 20.5 Å². The van der Waals surface area contributed by atoms with E-state index in [4.69, 9.17) is 9.84 Å². The highest BCUT2D eigenvalue weighted by atomic mass is 32.2. The second-order valence-electron chi connectivity index (χ2n) is 5.52. The molecule has 4 atom stereocenters. The molecule has 3 aliphatic heterocycles. The van der Waals surface area contributed by atoms with Gasteiger partial charge in [0, 0.05) is 5.75 Å². The van der Waals surface area contributed by atoms with E-state index >= 15 is 0 Å². The van der Waals surface area contributed by atoms with Gasteiger partial charge >= 0.3 is 6.16 Å². The summed E-state index contributed by atoms with van der Waals surface area (Å²) in [6, 6.07) is 0.385. The van der Waals surface area contributed by atoms with Gasteiger partial charge in [0.15, 0.2) is 5.96 Å². The maximum absolute atomic E-state index is 12.3. The lowest BCUT2D eigenvalue weighted by Crippen LogP contribution is -2.71. The molecule has 0 aromatic heterocycles. The third-order valence-corrected chi connectivity index (χ3v) is 5.37. The Morgan fingerprint density at radius 2 is 2.43 bits per heavy atom. The quantitative estimate of drug-likeness (QED) is 0.483. The van der Waals surface area contributed by atoms with Gasteiger partial charge in [0.2, 0.25) is 5.88 Å². The molecule has 0 aromatic rings. The van der Waals surface area contributed by atoms with Crippen molar-refractivity contribution < 1.29 is 19.4 Å². The van der Waals surface area contributed by atoms with Crippen molar-refractivity contribution in [2.75, 3.05) is 5.75 Å². The lowest BCUT2D eigenvalue weighted by Gasteiger charge is -2.49. The number of thioether (sulfide) groups is 1. The molecule has 1 amide bonds. The number of fused-ring (bicyclic) bond motifs is 2. The van der Waals surface area contributed by atoms with Crippen LogP contribution in [-0.2, 0) is 9.53 Å². The Hall–Kier alpha value is -1.90. The Labute approximate surface area is 124 Å². The summed E-state index contributed by atoms with van der Waals surface area (Å²) in [5, 5.41) is 15.0. The summed E-state index contributed by atoms with van der Waals surface area (Å²) in [5.41, 5.74) is 0.753. The Kier molecular flexibility index (Phi) is 2.62. The Morgan fingerprint density at radius 3 is 3.10 bits per heavy atom. The molecule has 112 valence electrons. The highest BCUT2D eigenvalue weighted by Crippen LogP contribution is 2.40. The van der Waals surface area contributed by atoms with Gasteiger partial charge in [0.05, 0.1) is 12.1 Å². The van der Waals surface area contributed by atoms with Crippen LogP contribution in [0.3, 0.4) is 0 Å². The fourth-order valence-electron chi connectivity index (χ4n) is 2.76. The van der Waals surface area contributed by atoms with Crippen molar-refractivity contribution in [1.29, 1.82) is 0 Å². The number of nitrogens with zero attached hydrogens (tertiary/aromatic N) is 2. The number of ether oxygens (including phenoxy) is 1. The molecule has 0 radical (unpaired) electrons. The van der Waals surface area contributed by atoms with Crippen LogP contribution in [-0.4, -0.2) is 57.3 Å². The van der Waals surface area contributed by atoms with Crippen LogP contribution in [0.1, 0.15) is 13.3 Å². The molecule has 1 saturated heterocycles. The van der Waals surface area contributed by atoms with Crippen LogP contribution in [0.4, 0.5) is 4.79 Å². The van der Waals surface area contributed by atoms with Crippen LogP contribution in [0, 0.1) is 0 Å². The van der Waals surface area contributed by atoms with Crippen molar-refractivity contribution in [2.45, 2.75) is 36.8 Å². The maximum atomic E-state index is 12.3. The topological polar surface area (TPSA) is 103 Å². The van der Waals surface area contributed by atoms with Crippen LogP contribution in [0.5, 0.6) is 0 Å². The van der Waals surface area contributed by atoms with Crippen LogP contribution in [0.2, 0.25) is 0 Å². The summed E-state index contributed by atoms with van der Waals surface area (Å²) in [4.78, 5) is 28.8. The van der Waals surface area contributed by atoms with E-state index in [0.717, 1.165) is 12.0 Å². The number of nitrogens with one attached hydrogen (secondary N) is 2. The van der Waals surface area contributed by atoms with E-state index in [2.05, 4.69) is 15.6 Å². The number of hydrogen-bond acceptors (Lipinski definition) is 7. The van der Waals surface area contributed by atoms with Crippen molar-refractivity contribution in [1.82, 2.24) is 15.5 Å². The number of aliphatic imine (C=N–C) groups is 1. The van der Waals surface area contributed by atoms with Gasteiger partial charge in [-0.15, -0.1) is 11.8 Å².